The second kappa shape index (κ2) is 11.3. The second-order valence-corrected chi connectivity index (χ2v) is 16.0. The zero-order valence-electron chi connectivity index (χ0n) is 20.0. The van der Waals surface area contributed by atoms with Gasteiger partial charge in [0.1, 0.15) is 11.4 Å². The van der Waals surface area contributed by atoms with Gasteiger partial charge in [-0.05, 0) is 53.6 Å². The monoisotopic (exact) mass is 590 g/mol. The van der Waals surface area contributed by atoms with Crippen LogP contribution in [0, 0.1) is 11.8 Å². The minimum absolute atomic E-state index is 0.0419. The number of ether oxygens (including phenoxy) is 1. The van der Waals surface area contributed by atoms with Crippen LogP contribution in [-0.2, 0) is 10.3 Å². The lowest BCUT2D eigenvalue weighted by atomic mass is 9.74. The van der Waals surface area contributed by atoms with Crippen molar-refractivity contribution < 1.29 is 4.74 Å². The summed E-state index contributed by atoms with van der Waals surface area (Å²) in [5.74, 6) is 2.69. The highest BCUT2D eigenvalue weighted by atomic mass is 79.9. The Morgan fingerprint density at radius 1 is 1.03 bits per heavy atom. The Kier molecular flexibility index (Phi) is 9.55. The van der Waals surface area contributed by atoms with Gasteiger partial charge in [-0.2, -0.15) is 0 Å². The van der Waals surface area contributed by atoms with Crippen LogP contribution in [-0.4, -0.2) is 3.66 Å². The highest BCUT2D eigenvalue weighted by Gasteiger charge is 2.49. The molecule has 31 heavy (non-hydrogen) atoms. The number of unbranched alkanes of at least 4 members (excludes halogenated alkanes) is 2. The molecule has 0 saturated carbocycles. The van der Waals surface area contributed by atoms with Crippen molar-refractivity contribution in [3.05, 3.63) is 26.1 Å². The van der Waals surface area contributed by atoms with E-state index in [-0.39, 0.29) is 9.26 Å². The van der Waals surface area contributed by atoms with E-state index in [0.717, 1.165) is 31.1 Å². The summed E-state index contributed by atoms with van der Waals surface area (Å²) >= 11 is 11.7. The van der Waals surface area contributed by atoms with E-state index in [1.54, 1.807) is 0 Å². The van der Waals surface area contributed by atoms with Crippen molar-refractivity contribution in [3.8, 4) is 0 Å². The number of rotatable bonds is 12. The lowest BCUT2D eigenvalue weighted by Gasteiger charge is -2.43. The van der Waals surface area contributed by atoms with E-state index < -0.39 is 0 Å². The summed E-state index contributed by atoms with van der Waals surface area (Å²) in [5, 5.41) is 0. The van der Waals surface area contributed by atoms with Crippen LogP contribution < -0.4 is 0 Å². The van der Waals surface area contributed by atoms with Crippen LogP contribution in [0.5, 0.6) is 0 Å². The number of hydrogen-bond acceptors (Lipinski definition) is 3. The third kappa shape index (κ3) is 6.17. The Labute approximate surface area is 215 Å². The molecule has 0 aromatic carbocycles. The fourth-order valence-electron chi connectivity index (χ4n) is 5.29. The summed E-state index contributed by atoms with van der Waals surface area (Å²) in [4.78, 5) is 2.85. The molecule has 3 atom stereocenters. The molecule has 0 spiro atoms. The third-order valence-electron chi connectivity index (χ3n) is 7.09. The molecule has 0 bridgehead atoms. The quantitative estimate of drug-likeness (QED) is 0.223. The van der Waals surface area contributed by atoms with Crippen molar-refractivity contribution in [1.29, 1.82) is 0 Å². The van der Waals surface area contributed by atoms with Crippen LogP contribution >= 0.6 is 55.0 Å². The molecular weight excluding hydrogens is 552 g/mol. The Morgan fingerprint density at radius 3 is 2.13 bits per heavy atom. The number of allylic oxidation sites excluding steroid dienone is 1. The second-order valence-electron chi connectivity index (χ2n) is 9.76. The number of hydrogen-bond donors (Lipinski definition) is 0. The van der Waals surface area contributed by atoms with Gasteiger partial charge in [-0.3, -0.25) is 0 Å². The summed E-state index contributed by atoms with van der Waals surface area (Å²) in [5.41, 5.74) is 1.29. The van der Waals surface area contributed by atoms with E-state index in [1.165, 1.54) is 76.3 Å². The first-order valence-electron chi connectivity index (χ1n) is 12.4. The topological polar surface area (TPSA) is 9.23 Å². The molecule has 0 N–H and O–H groups in total. The summed E-state index contributed by atoms with van der Waals surface area (Å²) < 4.78 is 8.50. The Balaban J connectivity index is 2.02. The van der Waals surface area contributed by atoms with Gasteiger partial charge in [0.05, 0.1) is 17.2 Å². The van der Waals surface area contributed by atoms with E-state index in [4.69, 9.17) is 4.74 Å². The summed E-state index contributed by atoms with van der Waals surface area (Å²) in [6, 6.07) is 2.40. The molecule has 1 aromatic heterocycles. The first-order chi connectivity index (χ1) is 14.8. The molecule has 2 aliphatic rings. The number of halogens is 2. The largest absolute Gasteiger partial charge is 0.486 e. The molecule has 3 heterocycles. The fourth-order valence-corrected chi connectivity index (χ4v) is 8.99. The van der Waals surface area contributed by atoms with Gasteiger partial charge in [0, 0.05) is 12.0 Å². The van der Waals surface area contributed by atoms with Crippen molar-refractivity contribution in [2.75, 3.05) is 0 Å². The maximum Gasteiger partial charge on any atom is 0.136 e. The highest BCUT2D eigenvalue weighted by Crippen LogP contribution is 2.63. The van der Waals surface area contributed by atoms with E-state index in [2.05, 4.69) is 72.5 Å². The van der Waals surface area contributed by atoms with Crippen LogP contribution in [0.2, 0.25) is 0 Å². The zero-order chi connectivity index (χ0) is 22.6. The SMILES string of the molecule is CCCCC(CC)CC1(CC(CC)CCCC)OC2=C(SC(C)(Br)C2)c2sc(Br)cc21. The maximum atomic E-state index is 7.21. The van der Waals surface area contributed by atoms with Gasteiger partial charge in [-0.1, -0.05) is 95.0 Å². The smallest absolute Gasteiger partial charge is 0.136 e. The number of alkyl halides is 1. The minimum atomic E-state index is -0.173. The van der Waals surface area contributed by atoms with Crippen LogP contribution in [0.3, 0.4) is 0 Å². The first-order valence-corrected chi connectivity index (χ1v) is 15.6. The van der Waals surface area contributed by atoms with Gasteiger partial charge < -0.3 is 4.74 Å². The highest BCUT2D eigenvalue weighted by molar-refractivity contribution is 9.12. The maximum absolute atomic E-state index is 7.21. The molecule has 176 valence electrons. The molecular formula is C26H40Br2OS2. The summed E-state index contributed by atoms with van der Waals surface area (Å²) in [6.07, 6.45) is 13.6. The normalized spacial score (nSPS) is 27.1. The molecule has 0 radical (unpaired) electrons. The van der Waals surface area contributed by atoms with Gasteiger partial charge in [0.2, 0.25) is 0 Å². The third-order valence-corrected chi connectivity index (χ3v) is 10.8. The van der Waals surface area contributed by atoms with Gasteiger partial charge in [-0.15, -0.1) is 23.1 Å². The molecule has 0 saturated heterocycles. The predicted molar refractivity (Wildman–Crippen MR) is 147 cm³/mol. The lowest BCUT2D eigenvalue weighted by molar-refractivity contribution is -0.0505. The van der Waals surface area contributed by atoms with Crippen LogP contribution in [0.15, 0.2) is 15.6 Å². The van der Waals surface area contributed by atoms with Crippen molar-refractivity contribution >= 4 is 59.9 Å². The van der Waals surface area contributed by atoms with E-state index >= 15 is 0 Å². The predicted octanol–water partition coefficient (Wildman–Crippen LogP) is 10.9. The van der Waals surface area contributed by atoms with Crippen LogP contribution in [0.25, 0.3) is 4.91 Å². The van der Waals surface area contributed by atoms with Crippen molar-refractivity contribution in [3.63, 3.8) is 0 Å². The van der Waals surface area contributed by atoms with Gasteiger partial charge in [0.25, 0.3) is 0 Å². The molecule has 3 unspecified atom stereocenters. The molecule has 0 aliphatic carbocycles. The fraction of sp³-hybridized carbons (Fsp3) is 0.769. The first kappa shape index (κ1) is 26.2. The minimum Gasteiger partial charge on any atom is -0.486 e. The molecule has 1 nitrogen and oxygen atoms in total. The molecule has 0 amide bonds. The average molecular weight is 593 g/mol. The zero-order valence-corrected chi connectivity index (χ0v) is 24.8. The van der Waals surface area contributed by atoms with E-state index in [0.29, 0.717) is 0 Å². The molecule has 0 fully saturated rings. The number of thioether (sulfide) groups is 1. The van der Waals surface area contributed by atoms with Gasteiger partial charge >= 0.3 is 0 Å². The van der Waals surface area contributed by atoms with E-state index in [9.17, 15) is 0 Å². The Bertz CT molecular complexity index is 749. The van der Waals surface area contributed by atoms with Crippen molar-refractivity contribution in [2.24, 2.45) is 11.8 Å². The standard InChI is InChI=1S/C26H40Br2OS2/c1-6-10-12-18(8-3)15-26(16-19(9-4)13-11-7-2)20-14-22(27)30-23(20)24-21(29-26)17-25(5,28)31-24/h14,18-19H,6-13,15-17H2,1-5H3. The summed E-state index contributed by atoms with van der Waals surface area (Å²) in [7, 11) is 0. The average Bonchev–Trinajstić information content (AvgIpc) is 3.27. The molecule has 5 heteroatoms. The van der Waals surface area contributed by atoms with Gasteiger partial charge in [-0.25, -0.2) is 0 Å². The molecule has 1 aromatic rings. The number of fused-ring (bicyclic) bond motifs is 2. The van der Waals surface area contributed by atoms with Crippen LogP contribution in [0.4, 0.5) is 0 Å². The van der Waals surface area contributed by atoms with Gasteiger partial charge in [0.15, 0.2) is 0 Å². The summed E-state index contributed by atoms with van der Waals surface area (Å²) in [6.45, 7) is 11.7. The lowest BCUT2D eigenvalue weighted by Crippen LogP contribution is -2.37. The van der Waals surface area contributed by atoms with Crippen molar-refractivity contribution in [1.82, 2.24) is 0 Å². The molecule has 2 aliphatic heterocycles. The Hall–Kier alpha value is 0.550. The van der Waals surface area contributed by atoms with Crippen LogP contribution in [0.1, 0.15) is 116 Å². The molecule has 3 rings (SSSR count). The van der Waals surface area contributed by atoms with E-state index in [1.807, 2.05) is 23.1 Å². The van der Waals surface area contributed by atoms with Crippen molar-refractivity contribution in [2.45, 2.75) is 115 Å². The Morgan fingerprint density at radius 2 is 1.61 bits per heavy atom. The number of thiophene rings is 1.